The monoisotopic (exact) mass is 263 g/mol. The molecule has 0 aromatic heterocycles. The Morgan fingerprint density at radius 3 is 2.11 bits per heavy atom. The molecule has 3 heteroatoms. The molecule has 3 unspecified atom stereocenters. The fourth-order valence-corrected chi connectivity index (χ4v) is 2.90. The van der Waals surface area contributed by atoms with Crippen molar-refractivity contribution >= 4 is 5.97 Å². The number of hydrogen-bond acceptors (Lipinski definition) is 2. The van der Waals surface area contributed by atoms with Crippen LogP contribution in [0.1, 0.15) is 48.4 Å². The first kappa shape index (κ1) is 15.7. The third-order valence-corrected chi connectivity index (χ3v) is 3.99. The molecule has 1 aromatic carbocycles. The fraction of sp³-hybridized carbons (Fsp3) is 0.562. The quantitative estimate of drug-likeness (QED) is 0.857. The molecule has 106 valence electrons. The molecule has 0 aliphatic heterocycles. The summed E-state index contributed by atoms with van der Waals surface area (Å²) in [6.07, 6.45) is 0.503. The highest BCUT2D eigenvalue weighted by Crippen LogP contribution is 2.32. The highest BCUT2D eigenvalue weighted by molar-refractivity contribution is 5.73. The Labute approximate surface area is 115 Å². The largest absolute Gasteiger partial charge is 0.480 e. The average molecular weight is 263 g/mol. The zero-order valence-corrected chi connectivity index (χ0v) is 12.5. The Morgan fingerprint density at radius 1 is 1.21 bits per heavy atom. The molecule has 1 rings (SSSR count). The molecule has 0 radical (unpaired) electrons. The summed E-state index contributed by atoms with van der Waals surface area (Å²) in [4.78, 5) is 10.8. The summed E-state index contributed by atoms with van der Waals surface area (Å²) in [6, 6.07) is 3.59. The smallest absolute Gasteiger partial charge is 0.320 e. The molecule has 0 bridgehead atoms. The predicted octanol–water partition coefficient (Wildman–Crippen LogP) is 3.15. The molecular formula is C16H25NO2. The second kappa shape index (κ2) is 6.20. The van der Waals surface area contributed by atoms with Crippen molar-refractivity contribution in [3.63, 3.8) is 0 Å². The van der Waals surface area contributed by atoms with Crippen LogP contribution in [0.2, 0.25) is 0 Å². The van der Waals surface area contributed by atoms with Crippen LogP contribution in [0.4, 0.5) is 0 Å². The number of nitrogens with two attached hydrogens (primary N) is 1. The molecule has 0 amide bonds. The van der Waals surface area contributed by atoms with Gasteiger partial charge in [-0.15, -0.1) is 0 Å². The van der Waals surface area contributed by atoms with Crippen molar-refractivity contribution in [2.24, 2.45) is 11.7 Å². The van der Waals surface area contributed by atoms with Gasteiger partial charge in [0.15, 0.2) is 0 Å². The molecule has 0 fully saturated rings. The van der Waals surface area contributed by atoms with E-state index >= 15 is 0 Å². The van der Waals surface area contributed by atoms with Gasteiger partial charge in [-0.1, -0.05) is 31.5 Å². The Balaban J connectivity index is 2.94. The zero-order valence-electron chi connectivity index (χ0n) is 12.5. The van der Waals surface area contributed by atoms with Gasteiger partial charge in [-0.05, 0) is 55.7 Å². The Kier molecular flexibility index (Phi) is 5.12. The summed E-state index contributed by atoms with van der Waals surface area (Å²) in [5.74, 6) is -0.367. The van der Waals surface area contributed by atoms with Gasteiger partial charge in [-0.3, -0.25) is 4.79 Å². The number of aryl methyl sites for hydroxylation is 3. The summed E-state index contributed by atoms with van der Waals surface area (Å²) in [6.45, 7) is 10.6. The number of hydrogen-bond donors (Lipinski definition) is 2. The van der Waals surface area contributed by atoms with E-state index in [4.69, 9.17) is 10.8 Å². The van der Waals surface area contributed by atoms with Gasteiger partial charge in [-0.2, -0.15) is 0 Å². The molecule has 0 saturated heterocycles. The minimum absolute atomic E-state index is 0.242. The molecule has 0 saturated carbocycles. The summed E-state index contributed by atoms with van der Waals surface area (Å²) in [7, 11) is 0. The van der Waals surface area contributed by atoms with E-state index in [0.717, 1.165) is 0 Å². The van der Waals surface area contributed by atoms with Crippen LogP contribution in [0.25, 0.3) is 0 Å². The molecule has 3 N–H and O–H groups in total. The van der Waals surface area contributed by atoms with Crippen LogP contribution in [-0.2, 0) is 4.79 Å². The second-order valence-corrected chi connectivity index (χ2v) is 5.76. The first-order valence-electron chi connectivity index (χ1n) is 6.80. The van der Waals surface area contributed by atoms with Gasteiger partial charge in [0.1, 0.15) is 6.04 Å². The molecule has 3 nitrogen and oxygen atoms in total. The average Bonchev–Trinajstić information content (AvgIpc) is 2.26. The van der Waals surface area contributed by atoms with Crippen LogP contribution in [0.5, 0.6) is 0 Å². The maximum atomic E-state index is 10.8. The molecule has 19 heavy (non-hydrogen) atoms. The summed E-state index contributed by atoms with van der Waals surface area (Å²) in [5.41, 5.74) is 10.8. The maximum absolute atomic E-state index is 10.8. The van der Waals surface area contributed by atoms with Crippen molar-refractivity contribution in [1.29, 1.82) is 0 Å². The van der Waals surface area contributed by atoms with Crippen LogP contribution < -0.4 is 5.73 Å². The molecule has 0 aliphatic rings. The number of rotatable bonds is 5. The van der Waals surface area contributed by atoms with Gasteiger partial charge >= 0.3 is 5.97 Å². The van der Waals surface area contributed by atoms with Crippen LogP contribution in [0.15, 0.2) is 12.1 Å². The summed E-state index contributed by atoms with van der Waals surface area (Å²) >= 11 is 0. The van der Waals surface area contributed by atoms with Crippen molar-refractivity contribution in [3.8, 4) is 0 Å². The van der Waals surface area contributed by atoms with Gasteiger partial charge in [0.05, 0.1) is 0 Å². The third-order valence-electron chi connectivity index (χ3n) is 3.99. The Hall–Kier alpha value is -1.35. The second-order valence-electron chi connectivity index (χ2n) is 5.76. The van der Waals surface area contributed by atoms with E-state index in [-0.39, 0.29) is 5.92 Å². The topological polar surface area (TPSA) is 63.3 Å². The van der Waals surface area contributed by atoms with Crippen molar-refractivity contribution < 1.29 is 9.90 Å². The lowest BCUT2D eigenvalue weighted by Crippen LogP contribution is -2.33. The highest BCUT2D eigenvalue weighted by atomic mass is 16.4. The predicted molar refractivity (Wildman–Crippen MR) is 78.5 cm³/mol. The lowest BCUT2D eigenvalue weighted by Gasteiger charge is -2.25. The molecular weight excluding hydrogens is 238 g/mol. The summed E-state index contributed by atoms with van der Waals surface area (Å²) < 4.78 is 0. The first-order valence-corrected chi connectivity index (χ1v) is 6.80. The third kappa shape index (κ3) is 3.80. The van der Waals surface area contributed by atoms with Crippen LogP contribution in [0.3, 0.4) is 0 Å². The molecule has 0 spiro atoms. The van der Waals surface area contributed by atoms with Crippen molar-refractivity contribution in [3.05, 3.63) is 34.4 Å². The minimum atomic E-state index is -0.920. The molecule has 0 heterocycles. The molecule has 1 aromatic rings. The Morgan fingerprint density at radius 2 is 1.68 bits per heavy atom. The zero-order chi connectivity index (χ0) is 14.7. The number of carbonyl (C=O) groups is 1. The van der Waals surface area contributed by atoms with Crippen molar-refractivity contribution in [1.82, 2.24) is 0 Å². The maximum Gasteiger partial charge on any atom is 0.320 e. The lowest BCUT2D eigenvalue weighted by molar-refractivity contribution is -0.138. The first-order chi connectivity index (χ1) is 8.73. The van der Waals surface area contributed by atoms with Gasteiger partial charge in [0, 0.05) is 0 Å². The van der Waals surface area contributed by atoms with Gasteiger partial charge < -0.3 is 10.8 Å². The van der Waals surface area contributed by atoms with Crippen molar-refractivity contribution in [2.75, 3.05) is 0 Å². The Bertz CT molecular complexity index is 445. The highest BCUT2D eigenvalue weighted by Gasteiger charge is 2.23. The van der Waals surface area contributed by atoms with E-state index in [1.807, 2.05) is 0 Å². The van der Waals surface area contributed by atoms with E-state index in [1.165, 1.54) is 22.3 Å². The van der Waals surface area contributed by atoms with E-state index in [0.29, 0.717) is 12.3 Å². The van der Waals surface area contributed by atoms with E-state index in [1.54, 1.807) is 0 Å². The van der Waals surface area contributed by atoms with E-state index in [2.05, 4.69) is 46.8 Å². The van der Waals surface area contributed by atoms with Crippen molar-refractivity contribution in [2.45, 2.75) is 53.0 Å². The number of carboxylic acids is 1. The number of benzene rings is 1. The minimum Gasteiger partial charge on any atom is -0.480 e. The van der Waals surface area contributed by atoms with E-state index in [9.17, 15) is 4.79 Å². The lowest BCUT2D eigenvalue weighted by atomic mass is 9.80. The van der Waals surface area contributed by atoms with Crippen LogP contribution in [-0.4, -0.2) is 17.1 Å². The van der Waals surface area contributed by atoms with E-state index < -0.39 is 12.0 Å². The standard InChI is InChI=1S/C16H25NO2/c1-9-6-11(3)15(12(4)7-9)13(5)10(2)8-14(17)16(18)19/h6-7,10,13-14H,8,17H2,1-5H3,(H,18,19). The normalized spacial score (nSPS) is 15.9. The van der Waals surface area contributed by atoms with Crippen LogP contribution in [0, 0.1) is 26.7 Å². The SMILES string of the molecule is Cc1cc(C)c(C(C)C(C)CC(N)C(=O)O)c(C)c1. The molecule has 3 atom stereocenters. The molecule has 0 aliphatic carbocycles. The van der Waals surface area contributed by atoms with Gasteiger partial charge in [-0.25, -0.2) is 0 Å². The summed E-state index contributed by atoms with van der Waals surface area (Å²) in [5, 5.41) is 8.90. The van der Waals surface area contributed by atoms with Gasteiger partial charge in [0.2, 0.25) is 0 Å². The fourth-order valence-electron chi connectivity index (χ4n) is 2.90. The van der Waals surface area contributed by atoms with Crippen LogP contribution >= 0.6 is 0 Å². The van der Waals surface area contributed by atoms with Gasteiger partial charge in [0.25, 0.3) is 0 Å². The number of carboxylic acid groups (broad SMARTS) is 1. The number of aliphatic carboxylic acids is 1.